The average molecular weight is 594 g/mol. The van der Waals surface area contributed by atoms with Gasteiger partial charge in [0.15, 0.2) is 0 Å². The highest BCUT2D eigenvalue weighted by molar-refractivity contribution is 6.08. The summed E-state index contributed by atoms with van der Waals surface area (Å²) in [6, 6.07) is 16.3. The van der Waals surface area contributed by atoms with Gasteiger partial charge in [0.05, 0.1) is 17.1 Å². The fourth-order valence-corrected chi connectivity index (χ4v) is 5.56. The molecule has 1 aliphatic heterocycles. The third-order valence-electron chi connectivity index (χ3n) is 8.14. The molecule has 9 heteroatoms. The van der Waals surface area contributed by atoms with Crippen LogP contribution in [0.3, 0.4) is 0 Å². The van der Waals surface area contributed by atoms with Crippen molar-refractivity contribution >= 4 is 28.7 Å². The van der Waals surface area contributed by atoms with E-state index < -0.39 is 17.5 Å². The minimum absolute atomic E-state index is 0.0334. The maximum absolute atomic E-state index is 14.0. The second-order valence-electron chi connectivity index (χ2n) is 12.1. The average Bonchev–Trinajstić information content (AvgIpc) is 3.30. The summed E-state index contributed by atoms with van der Waals surface area (Å²) < 4.78 is 62.3. The van der Waals surface area contributed by atoms with Gasteiger partial charge in [-0.15, -0.1) is 0 Å². The largest absolute Gasteiger partial charge is 0.395 e. The quantitative estimate of drug-likeness (QED) is 0.173. The summed E-state index contributed by atoms with van der Waals surface area (Å²) in [6.07, 6.45) is -1.74. The fourth-order valence-electron chi connectivity index (χ4n) is 5.56. The molecular weight excluding hydrogens is 558 g/mol. The van der Waals surface area contributed by atoms with E-state index in [1.54, 1.807) is 45.0 Å². The monoisotopic (exact) mass is 593 g/mol. The first-order valence-electron chi connectivity index (χ1n) is 14.3. The number of hydrogen-bond acceptors (Lipinski definition) is 3. The zero-order valence-corrected chi connectivity index (χ0v) is 24.6. The van der Waals surface area contributed by atoms with E-state index in [0.29, 0.717) is 30.2 Å². The van der Waals surface area contributed by atoms with Gasteiger partial charge in [-0.1, -0.05) is 45.0 Å². The number of carbonyl (C=O) groups is 1. The first-order valence-corrected chi connectivity index (χ1v) is 14.3. The van der Waals surface area contributed by atoms with E-state index in [9.17, 15) is 22.4 Å². The molecule has 1 unspecified atom stereocenters. The molecule has 5 rings (SSSR count). The first-order chi connectivity index (χ1) is 20.3. The fraction of sp³-hybridized carbons (Fsp3) is 0.353. The van der Waals surface area contributed by atoms with Gasteiger partial charge in [0, 0.05) is 58.7 Å². The van der Waals surface area contributed by atoms with Crippen LogP contribution in [-0.4, -0.2) is 36.1 Å². The molecule has 226 valence electrons. The van der Waals surface area contributed by atoms with Crippen LogP contribution in [0.4, 0.5) is 23.2 Å². The van der Waals surface area contributed by atoms with Crippen LogP contribution in [0.2, 0.25) is 0 Å². The number of ether oxygens (including phenoxy) is 1. The van der Waals surface area contributed by atoms with Gasteiger partial charge in [-0.05, 0) is 67.3 Å². The van der Waals surface area contributed by atoms with Crippen LogP contribution in [0.15, 0.2) is 60.7 Å². The minimum Gasteiger partial charge on any atom is -0.381 e. The lowest BCUT2D eigenvalue weighted by Crippen LogP contribution is -2.28. The molecule has 0 bridgehead atoms. The van der Waals surface area contributed by atoms with Gasteiger partial charge in [0.25, 0.3) is 0 Å². The van der Waals surface area contributed by atoms with Gasteiger partial charge in [-0.3, -0.25) is 4.79 Å². The molecule has 0 aliphatic carbocycles. The van der Waals surface area contributed by atoms with Crippen molar-refractivity contribution in [2.45, 2.75) is 58.5 Å². The third kappa shape index (κ3) is 6.09. The maximum atomic E-state index is 14.0. The number of hydrogen-bond donors (Lipinski definition) is 2. The molecule has 2 N–H and O–H groups in total. The van der Waals surface area contributed by atoms with Crippen LogP contribution in [0.25, 0.3) is 27.7 Å². The van der Waals surface area contributed by atoms with Crippen molar-refractivity contribution in [2.24, 2.45) is 5.41 Å². The van der Waals surface area contributed by atoms with E-state index in [1.807, 2.05) is 12.1 Å². The molecule has 0 saturated carbocycles. The Morgan fingerprint density at radius 3 is 2.21 bits per heavy atom. The van der Waals surface area contributed by atoms with Gasteiger partial charge < -0.3 is 20.0 Å². The van der Waals surface area contributed by atoms with Crippen LogP contribution in [0, 0.1) is 16.6 Å². The maximum Gasteiger partial charge on any atom is 0.395 e. The Labute approximate surface area is 248 Å². The summed E-state index contributed by atoms with van der Waals surface area (Å²) >= 11 is 0. The van der Waals surface area contributed by atoms with Gasteiger partial charge in [-0.25, -0.2) is 4.39 Å². The van der Waals surface area contributed by atoms with Gasteiger partial charge in [0.1, 0.15) is 5.82 Å². The van der Waals surface area contributed by atoms with Crippen LogP contribution >= 0.6 is 0 Å². The summed E-state index contributed by atoms with van der Waals surface area (Å²) in [6.45, 7) is 7.65. The number of nitrogens with one attached hydrogen (secondary N) is 2. The van der Waals surface area contributed by atoms with Gasteiger partial charge in [0.2, 0.25) is 5.91 Å². The SMILES string of the molecule is CC(c1ccc(-c2c(C3CCOCC3)n(-c3ccc(F)cc3)c3cc(C=N)c(NC(=O)C(C)(C)C)cc23)cc1)C(F)(F)F. The van der Waals surface area contributed by atoms with Crippen LogP contribution < -0.4 is 5.32 Å². The molecule has 0 radical (unpaired) electrons. The molecule has 5 nitrogen and oxygen atoms in total. The number of benzene rings is 3. The molecular formula is C34H35F4N3O2. The highest BCUT2D eigenvalue weighted by Crippen LogP contribution is 2.45. The number of rotatable bonds is 6. The highest BCUT2D eigenvalue weighted by atomic mass is 19.4. The number of carbonyl (C=O) groups excluding carboxylic acids is 1. The van der Waals surface area contributed by atoms with Crippen molar-refractivity contribution in [1.82, 2.24) is 4.57 Å². The number of nitrogens with zero attached hydrogens (tertiary/aromatic N) is 1. The Bertz CT molecular complexity index is 1640. The summed E-state index contributed by atoms with van der Waals surface area (Å²) in [4.78, 5) is 13.0. The molecule has 43 heavy (non-hydrogen) atoms. The van der Waals surface area contributed by atoms with E-state index in [0.717, 1.165) is 47.5 Å². The smallest absolute Gasteiger partial charge is 0.381 e. The second-order valence-corrected chi connectivity index (χ2v) is 12.1. The summed E-state index contributed by atoms with van der Waals surface area (Å²) in [5.41, 5.74) is 4.35. The van der Waals surface area contributed by atoms with Gasteiger partial charge in [-0.2, -0.15) is 13.2 Å². The topological polar surface area (TPSA) is 67.1 Å². The third-order valence-corrected chi connectivity index (χ3v) is 8.14. The lowest BCUT2D eigenvalue weighted by Gasteiger charge is -2.26. The summed E-state index contributed by atoms with van der Waals surface area (Å²) in [5.74, 6) is -2.18. The van der Waals surface area contributed by atoms with Gasteiger partial charge >= 0.3 is 6.18 Å². The Hall–Kier alpha value is -3.98. The van der Waals surface area contributed by atoms with Crippen molar-refractivity contribution in [1.29, 1.82) is 5.41 Å². The van der Waals surface area contributed by atoms with E-state index in [4.69, 9.17) is 10.1 Å². The Morgan fingerprint density at radius 2 is 1.65 bits per heavy atom. The Morgan fingerprint density at radius 1 is 1.02 bits per heavy atom. The number of fused-ring (bicyclic) bond motifs is 1. The minimum atomic E-state index is -4.36. The standard InChI is InChI=1S/C34H35F4N3O2/c1-20(34(36,37)38)21-5-7-22(8-6-21)30-27-18-28(40-32(42)33(2,3)4)24(19-39)17-29(27)41(26-11-9-25(35)10-12-26)31(30)23-13-15-43-16-14-23/h5-12,17-20,23,39H,13-16H2,1-4H3,(H,40,42). The second kappa shape index (κ2) is 11.6. The van der Waals surface area contributed by atoms with Crippen molar-refractivity contribution in [3.63, 3.8) is 0 Å². The Kier molecular flexibility index (Phi) is 8.22. The molecule has 0 spiro atoms. The van der Waals surface area contributed by atoms with Crippen LogP contribution in [0.5, 0.6) is 0 Å². The van der Waals surface area contributed by atoms with Crippen LogP contribution in [0.1, 0.15) is 69.2 Å². The van der Waals surface area contributed by atoms with E-state index in [2.05, 4.69) is 9.88 Å². The predicted molar refractivity (Wildman–Crippen MR) is 162 cm³/mol. The molecule has 3 aromatic carbocycles. The lowest BCUT2D eigenvalue weighted by atomic mass is 9.89. The number of alkyl halides is 3. The number of amides is 1. The Balaban J connectivity index is 1.83. The first kappa shape index (κ1) is 30.5. The molecule has 4 aromatic rings. The molecule has 1 fully saturated rings. The van der Waals surface area contributed by atoms with Crippen LogP contribution in [-0.2, 0) is 9.53 Å². The summed E-state index contributed by atoms with van der Waals surface area (Å²) in [5, 5.41) is 11.9. The highest BCUT2D eigenvalue weighted by Gasteiger charge is 2.37. The van der Waals surface area contributed by atoms with E-state index >= 15 is 0 Å². The molecule has 1 amide bonds. The zero-order valence-electron chi connectivity index (χ0n) is 24.6. The summed E-state index contributed by atoms with van der Waals surface area (Å²) in [7, 11) is 0. The van der Waals surface area contributed by atoms with Crippen molar-refractivity contribution in [2.75, 3.05) is 18.5 Å². The van der Waals surface area contributed by atoms with E-state index in [1.165, 1.54) is 30.5 Å². The molecule has 1 aliphatic rings. The zero-order chi connectivity index (χ0) is 31.1. The molecule has 1 saturated heterocycles. The lowest BCUT2D eigenvalue weighted by molar-refractivity contribution is -0.146. The van der Waals surface area contributed by atoms with Crippen molar-refractivity contribution in [3.8, 4) is 16.8 Å². The number of anilines is 1. The van der Waals surface area contributed by atoms with E-state index in [-0.39, 0.29) is 23.2 Å². The molecule has 1 atom stereocenters. The van der Waals surface area contributed by atoms with Crippen molar-refractivity contribution < 1.29 is 27.1 Å². The number of aromatic nitrogens is 1. The predicted octanol–water partition coefficient (Wildman–Crippen LogP) is 8.98. The van der Waals surface area contributed by atoms with Crippen molar-refractivity contribution in [3.05, 3.63) is 83.3 Å². The molecule has 1 aromatic heterocycles. The molecule has 2 heterocycles. The normalized spacial score (nSPS) is 15.4. The number of halogens is 4.